The molecule has 2 heterocycles. The number of carbonyl (C=O) groups excluding carboxylic acids is 2. The van der Waals surface area contributed by atoms with Gasteiger partial charge in [-0.1, -0.05) is 18.5 Å². The fourth-order valence-corrected chi connectivity index (χ4v) is 3.16. The lowest BCUT2D eigenvalue weighted by atomic mass is 10.0. The molecule has 1 aromatic rings. The van der Waals surface area contributed by atoms with Gasteiger partial charge in [0.15, 0.2) is 6.61 Å². The summed E-state index contributed by atoms with van der Waals surface area (Å²) in [5.74, 6) is 0.968. The van der Waals surface area contributed by atoms with Crippen molar-refractivity contribution in [3.8, 4) is 5.75 Å². The summed E-state index contributed by atoms with van der Waals surface area (Å²) < 4.78 is 5.36. The smallest absolute Gasteiger partial charge is 0.262 e. The number of piperidine rings is 1. The fourth-order valence-electron chi connectivity index (χ4n) is 2.93. The monoisotopic (exact) mass is 337 g/mol. The van der Waals surface area contributed by atoms with Gasteiger partial charge in [-0.15, -0.1) is 0 Å². The van der Waals surface area contributed by atoms with Crippen molar-refractivity contribution in [3.05, 3.63) is 17.2 Å². The number of anilines is 2. The number of carbonyl (C=O) groups is 2. The van der Waals surface area contributed by atoms with E-state index in [0.717, 1.165) is 19.5 Å². The first-order valence-electron chi connectivity index (χ1n) is 7.81. The van der Waals surface area contributed by atoms with Gasteiger partial charge in [0, 0.05) is 19.2 Å². The predicted octanol–water partition coefficient (Wildman–Crippen LogP) is 2.34. The van der Waals surface area contributed by atoms with E-state index in [1.165, 1.54) is 6.42 Å². The van der Waals surface area contributed by atoms with Crippen LogP contribution in [0.3, 0.4) is 0 Å². The maximum absolute atomic E-state index is 12.3. The Hall–Kier alpha value is -1.95. The van der Waals surface area contributed by atoms with E-state index in [4.69, 9.17) is 16.3 Å². The van der Waals surface area contributed by atoms with E-state index in [1.807, 2.05) is 4.90 Å². The molecular formula is C16H20ClN3O3. The van der Waals surface area contributed by atoms with Crippen molar-refractivity contribution < 1.29 is 14.3 Å². The molecule has 2 aliphatic heterocycles. The minimum absolute atomic E-state index is 0.0152. The van der Waals surface area contributed by atoms with Gasteiger partial charge in [0.1, 0.15) is 5.75 Å². The molecule has 23 heavy (non-hydrogen) atoms. The number of fused-ring (bicyclic) bond motifs is 1. The Morgan fingerprint density at radius 2 is 2.35 bits per heavy atom. The van der Waals surface area contributed by atoms with Crippen LogP contribution in [-0.4, -0.2) is 43.0 Å². The van der Waals surface area contributed by atoms with Crippen LogP contribution in [0.2, 0.25) is 5.02 Å². The van der Waals surface area contributed by atoms with Gasteiger partial charge in [0.05, 0.1) is 22.9 Å². The number of halogens is 1. The molecule has 7 heteroatoms. The highest BCUT2D eigenvalue weighted by Gasteiger charge is 2.22. The summed E-state index contributed by atoms with van der Waals surface area (Å²) in [7, 11) is 0. The number of likely N-dealkylation sites (tertiary alicyclic amines) is 1. The number of nitrogens with one attached hydrogen (secondary N) is 2. The van der Waals surface area contributed by atoms with E-state index in [1.54, 1.807) is 12.1 Å². The molecule has 1 aromatic carbocycles. The zero-order chi connectivity index (χ0) is 16.4. The molecule has 6 nitrogen and oxygen atoms in total. The molecule has 0 radical (unpaired) electrons. The number of hydrogen-bond donors (Lipinski definition) is 2. The highest BCUT2D eigenvalue weighted by atomic mass is 35.5. The normalized spacial score (nSPS) is 20.3. The van der Waals surface area contributed by atoms with Gasteiger partial charge in [0.2, 0.25) is 5.91 Å². The SMILES string of the molecule is C[C@@H]1CCCN(C(=O)CNc2cc3c(cc2Cl)NC(=O)CO3)C1. The molecular weight excluding hydrogens is 318 g/mol. The lowest BCUT2D eigenvalue weighted by Crippen LogP contribution is -2.42. The molecule has 3 rings (SSSR count). The molecule has 2 N–H and O–H groups in total. The number of rotatable bonds is 3. The maximum atomic E-state index is 12.3. The van der Waals surface area contributed by atoms with E-state index in [0.29, 0.717) is 28.1 Å². The number of nitrogens with zero attached hydrogens (tertiary/aromatic N) is 1. The second-order valence-electron chi connectivity index (χ2n) is 6.11. The van der Waals surface area contributed by atoms with Gasteiger partial charge < -0.3 is 20.3 Å². The molecule has 1 atom stereocenters. The van der Waals surface area contributed by atoms with E-state index in [2.05, 4.69) is 17.6 Å². The third-order valence-corrected chi connectivity index (χ3v) is 4.45. The summed E-state index contributed by atoms with van der Waals surface area (Å²) in [6, 6.07) is 3.34. The van der Waals surface area contributed by atoms with Gasteiger partial charge in [-0.3, -0.25) is 9.59 Å². The third-order valence-electron chi connectivity index (χ3n) is 4.14. The summed E-state index contributed by atoms with van der Waals surface area (Å²) in [5.41, 5.74) is 1.17. The molecule has 0 saturated carbocycles. The molecule has 0 bridgehead atoms. The van der Waals surface area contributed by atoms with Gasteiger partial charge >= 0.3 is 0 Å². The van der Waals surface area contributed by atoms with Crippen molar-refractivity contribution in [3.63, 3.8) is 0 Å². The second-order valence-corrected chi connectivity index (χ2v) is 6.51. The lowest BCUT2D eigenvalue weighted by Gasteiger charge is -2.31. The minimum atomic E-state index is -0.205. The second kappa shape index (κ2) is 6.66. The van der Waals surface area contributed by atoms with Crippen molar-refractivity contribution >= 4 is 34.8 Å². The average Bonchev–Trinajstić information content (AvgIpc) is 2.52. The molecule has 0 unspecified atom stereocenters. The fraction of sp³-hybridized carbons (Fsp3) is 0.500. The molecule has 0 aliphatic carbocycles. The van der Waals surface area contributed by atoms with Crippen LogP contribution in [0.25, 0.3) is 0 Å². The van der Waals surface area contributed by atoms with Crippen molar-refractivity contribution in [1.29, 1.82) is 0 Å². The first kappa shape index (κ1) is 15.9. The number of hydrogen-bond acceptors (Lipinski definition) is 4. The average molecular weight is 338 g/mol. The molecule has 124 valence electrons. The molecule has 0 aromatic heterocycles. The van der Waals surface area contributed by atoms with Crippen LogP contribution in [0.5, 0.6) is 5.75 Å². The molecule has 0 spiro atoms. The summed E-state index contributed by atoms with van der Waals surface area (Å²) in [5, 5.41) is 6.21. The number of benzene rings is 1. The Morgan fingerprint density at radius 3 is 3.13 bits per heavy atom. The zero-order valence-corrected chi connectivity index (χ0v) is 13.8. The van der Waals surface area contributed by atoms with Gasteiger partial charge in [-0.05, 0) is 24.8 Å². The van der Waals surface area contributed by atoms with Crippen molar-refractivity contribution in [1.82, 2.24) is 4.90 Å². The summed E-state index contributed by atoms with van der Waals surface area (Å²) in [4.78, 5) is 25.5. The predicted molar refractivity (Wildman–Crippen MR) is 89.0 cm³/mol. The van der Waals surface area contributed by atoms with Crippen molar-refractivity contribution in [2.24, 2.45) is 5.92 Å². The topological polar surface area (TPSA) is 70.7 Å². The van der Waals surface area contributed by atoms with Crippen LogP contribution in [0.1, 0.15) is 19.8 Å². The lowest BCUT2D eigenvalue weighted by molar-refractivity contribution is -0.131. The summed E-state index contributed by atoms with van der Waals surface area (Å²) in [6.45, 7) is 3.97. The molecule has 1 saturated heterocycles. The third kappa shape index (κ3) is 3.69. The number of amides is 2. The van der Waals surface area contributed by atoms with Crippen LogP contribution in [-0.2, 0) is 9.59 Å². The van der Waals surface area contributed by atoms with E-state index < -0.39 is 0 Å². The molecule has 2 aliphatic rings. The van der Waals surface area contributed by atoms with Crippen molar-refractivity contribution in [2.45, 2.75) is 19.8 Å². The summed E-state index contributed by atoms with van der Waals surface area (Å²) >= 11 is 6.21. The first-order chi connectivity index (χ1) is 11.0. The largest absolute Gasteiger partial charge is 0.482 e. The van der Waals surface area contributed by atoms with Crippen LogP contribution >= 0.6 is 11.6 Å². The van der Waals surface area contributed by atoms with Crippen LogP contribution in [0.15, 0.2) is 12.1 Å². The Bertz CT molecular complexity index is 635. The highest BCUT2D eigenvalue weighted by Crippen LogP contribution is 2.36. The minimum Gasteiger partial charge on any atom is -0.482 e. The Labute approximate surface area is 140 Å². The van der Waals surface area contributed by atoms with Crippen molar-refractivity contribution in [2.75, 3.05) is 36.9 Å². The van der Waals surface area contributed by atoms with Gasteiger partial charge in [0.25, 0.3) is 5.91 Å². The van der Waals surface area contributed by atoms with Crippen LogP contribution in [0, 0.1) is 5.92 Å². The Morgan fingerprint density at radius 1 is 1.52 bits per heavy atom. The Kier molecular flexibility index (Phi) is 4.61. The van der Waals surface area contributed by atoms with Gasteiger partial charge in [-0.25, -0.2) is 0 Å². The molecule has 1 fully saturated rings. The Balaban J connectivity index is 1.64. The number of ether oxygens (including phenoxy) is 1. The van der Waals surface area contributed by atoms with E-state index in [-0.39, 0.29) is 25.0 Å². The zero-order valence-electron chi connectivity index (χ0n) is 13.0. The van der Waals surface area contributed by atoms with Crippen LogP contribution < -0.4 is 15.4 Å². The quantitative estimate of drug-likeness (QED) is 0.888. The summed E-state index contributed by atoms with van der Waals surface area (Å²) in [6.07, 6.45) is 2.23. The molecule has 2 amide bonds. The van der Waals surface area contributed by atoms with Crippen LogP contribution in [0.4, 0.5) is 11.4 Å². The maximum Gasteiger partial charge on any atom is 0.262 e. The van der Waals surface area contributed by atoms with E-state index >= 15 is 0 Å². The standard InChI is InChI=1S/C16H20ClN3O3/c1-10-3-2-4-20(8-10)16(22)7-18-12-6-14-13(5-11(12)17)19-15(21)9-23-14/h5-6,10,18H,2-4,7-9H2,1H3,(H,19,21)/t10-/m1/s1. The first-order valence-corrected chi connectivity index (χ1v) is 8.18. The van der Waals surface area contributed by atoms with Gasteiger partial charge in [-0.2, -0.15) is 0 Å². The highest BCUT2D eigenvalue weighted by molar-refractivity contribution is 6.33. The van der Waals surface area contributed by atoms with E-state index in [9.17, 15) is 9.59 Å².